The van der Waals surface area contributed by atoms with Crippen molar-refractivity contribution in [2.24, 2.45) is 5.92 Å². The molecule has 2 saturated heterocycles. The van der Waals surface area contributed by atoms with Crippen molar-refractivity contribution in [1.29, 1.82) is 0 Å². The van der Waals surface area contributed by atoms with Gasteiger partial charge in [-0.25, -0.2) is 0 Å². The van der Waals surface area contributed by atoms with Gasteiger partial charge in [-0.05, 0) is 44.6 Å². The van der Waals surface area contributed by atoms with Crippen molar-refractivity contribution >= 4 is 10.2 Å². The summed E-state index contributed by atoms with van der Waals surface area (Å²) >= 11 is 0. The highest BCUT2D eigenvalue weighted by Gasteiger charge is 2.38. The van der Waals surface area contributed by atoms with E-state index in [-0.39, 0.29) is 6.04 Å². The Bertz CT molecular complexity index is 425. The fraction of sp³-hybridized carbons (Fsp3) is 1.00. The van der Waals surface area contributed by atoms with Crippen molar-refractivity contribution in [2.45, 2.75) is 65.0 Å². The second-order valence-electron chi connectivity index (χ2n) is 6.75. The van der Waals surface area contributed by atoms with E-state index in [2.05, 4.69) is 26.1 Å². The van der Waals surface area contributed by atoms with Gasteiger partial charge in [0.25, 0.3) is 10.2 Å². The zero-order chi connectivity index (χ0) is 15.5. The first-order valence-electron chi connectivity index (χ1n) is 8.45. The highest BCUT2D eigenvalue weighted by molar-refractivity contribution is 7.86. The lowest BCUT2D eigenvalue weighted by atomic mass is 9.99. The predicted molar refractivity (Wildman–Crippen MR) is 86.4 cm³/mol. The van der Waals surface area contributed by atoms with Crippen LogP contribution in [0.1, 0.15) is 52.9 Å². The molecule has 2 aliphatic heterocycles. The van der Waals surface area contributed by atoms with Crippen LogP contribution in [0.25, 0.3) is 0 Å². The third-order valence-electron chi connectivity index (χ3n) is 4.71. The third-order valence-corrected chi connectivity index (χ3v) is 6.77. The molecule has 0 radical (unpaired) electrons. The lowest BCUT2D eigenvalue weighted by Gasteiger charge is -2.36. The van der Waals surface area contributed by atoms with Crippen LogP contribution in [0, 0.1) is 5.92 Å². The number of rotatable bonds is 6. The van der Waals surface area contributed by atoms with Crippen molar-refractivity contribution in [3.05, 3.63) is 0 Å². The maximum Gasteiger partial charge on any atom is 0.282 e. The summed E-state index contributed by atoms with van der Waals surface area (Å²) in [4.78, 5) is 0. The largest absolute Gasteiger partial charge is 0.314 e. The Hall–Kier alpha value is -0.170. The molecule has 2 rings (SSSR count). The lowest BCUT2D eigenvalue weighted by molar-refractivity contribution is 0.235. The topological polar surface area (TPSA) is 52.7 Å². The molecule has 0 aromatic rings. The summed E-state index contributed by atoms with van der Waals surface area (Å²) < 4.78 is 29.2. The molecule has 0 aromatic carbocycles. The van der Waals surface area contributed by atoms with Crippen molar-refractivity contribution in [1.82, 2.24) is 13.9 Å². The van der Waals surface area contributed by atoms with Crippen LogP contribution in [-0.2, 0) is 10.2 Å². The van der Waals surface area contributed by atoms with Crippen LogP contribution in [-0.4, -0.2) is 55.3 Å². The summed E-state index contributed by atoms with van der Waals surface area (Å²) in [5.41, 5.74) is 0. The van der Waals surface area contributed by atoms with Crippen LogP contribution in [0.3, 0.4) is 0 Å². The zero-order valence-corrected chi connectivity index (χ0v) is 14.5. The standard InChI is InChI=1S/C15H31N3O2S/c1-4-15-8-6-10-18(15)21(19,20)17-9-5-7-14(12-17)11-16-13(2)3/h13-16H,4-12H2,1-3H3. The molecule has 5 nitrogen and oxygen atoms in total. The van der Waals surface area contributed by atoms with Gasteiger partial charge in [0.1, 0.15) is 0 Å². The Kier molecular flexibility index (Phi) is 6.05. The molecule has 2 fully saturated rings. The number of nitrogens with zero attached hydrogens (tertiary/aromatic N) is 2. The summed E-state index contributed by atoms with van der Waals surface area (Å²) in [6, 6.07) is 0.671. The second-order valence-corrected chi connectivity index (χ2v) is 8.63. The zero-order valence-electron chi connectivity index (χ0n) is 13.7. The summed E-state index contributed by atoms with van der Waals surface area (Å²) in [7, 11) is -3.26. The quantitative estimate of drug-likeness (QED) is 0.813. The molecule has 0 aliphatic carbocycles. The molecule has 0 bridgehead atoms. The molecule has 2 atom stereocenters. The van der Waals surface area contributed by atoms with E-state index in [1.165, 1.54) is 0 Å². The summed E-state index contributed by atoms with van der Waals surface area (Å²) in [5.74, 6) is 0.443. The Labute approximate surface area is 130 Å². The minimum atomic E-state index is -3.26. The molecule has 2 unspecified atom stereocenters. The van der Waals surface area contributed by atoms with Gasteiger partial charge < -0.3 is 5.32 Å². The molecular weight excluding hydrogens is 286 g/mol. The van der Waals surface area contributed by atoms with Gasteiger partial charge in [-0.3, -0.25) is 0 Å². The summed E-state index contributed by atoms with van der Waals surface area (Å²) in [6.45, 7) is 9.33. The first-order valence-corrected chi connectivity index (χ1v) is 9.85. The highest BCUT2D eigenvalue weighted by atomic mass is 32.2. The van der Waals surface area contributed by atoms with E-state index in [0.717, 1.165) is 38.6 Å². The van der Waals surface area contributed by atoms with Crippen LogP contribution in [0.5, 0.6) is 0 Å². The number of piperidine rings is 1. The molecule has 2 aliphatic rings. The minimum absolute atomic E-state index is 0.212. The second kappa shape index (κ2) is 7.40. The Morgan fingerprint density at radius 1 is 1.19 bits per heavy atom. The monoisotopic (exact) mass is 317 g/mol. The van der Waals surface area contributed by atoms with Crippen LogP contribution in [0.2, 0.25) is 0 Å². The third kappa shape index (κ3) is 4.18. The SMILES string of the molecule is CCC1CCCN1S(=O)(=O)N1CCCC(CNC(C)C)C1. The van der Waals surface area contributed by atoms with Crippen LogP contribution < -0.4 is 5.32 Å². The molecule has 6 heteroatoms. The molecule has 124 valence electrons. The summed E-state index contributed by atoms with van der Waals surface area (Å²) in [6.07, 6.45) is 5.05. The normalized spacial score (nSPS) is 29.3. The van der Waals surface area contributed by atoms with Crippen molar-refractivity contribution < 1.29 is 8.42 Å². The van der Waals surface area contributed by atoms with E-state index in [0.29, 0.717) is 31.6 Å². The van der Waals surface area contributed by atoms with Gasteiger partial charge in [0.15, 0.2) is 0 Å². The Balaban J connectivity index is 1.99. The number of hydrogen-bond acceptors (Lipinski definition) is 3. The molecule has 0 aromatic heterocycles. The first-order chi connectivity index (χ1) is 9.95. The van der Waals surface area contributed by atoms with Crippen molar-refractivity contribution in [2.75, 3.05) is 26.2 Å². The smallest absolute Gasteiger partial charge is 0.282 e. The van der Waals surface area contributed by atoms with Gasteiger partial charge in [0.2, 0.25) is 0 Å². The van der Waals surface area contributed by atoms with Gasteiger partial charge in [-0.2, -0.15) is 17.0 Å². The molecule has 0 spiro atoms. The van der Waals surface area contributed by atoms with Crippen LogP contribution >= 0.6 is 0 Å². The molecule has 21 heavy (non-hydrogen) atoms. The summed E-state index contributed by atoms with van der Waals surface area (Å²) in [5, 5.41) is 3.44. The highest BCUT2D eigenvalue weighted by Crippen LogP contribution is 2.28. The van der Waals surface area contributed by atoms with E-state index in [1.54, 1.807) is 8.61 Å². The fourth-order valence-corrected chi connectivity index (χ4v) is 5.52. The van der Waals surface area contributed by atoms with Gasteiger partial charge in [-0.1, -0.05) is 20.8 Å². The van der Waals surface area contributed by atoms with Gasteiger partial charge in [0, 0.05) is 31.7 Å². The maximum atomic E-state index is 12.9. The molecule has 1 N–H and O–H groups in total. The van der Waals surface area contributed by atoms with Gasteiger partial charge in [0.05, 0.1) is 0 Å². The van der Waals surface area contributed by atoms with Crippen molar-refractivity contribution in [3.63, 3.8) is 0 Å². The predicted octanol–water partition coefficient (Wildman–Crippen LogP) is 1.82. The van der Waals surface area contributed by atoms with E-state index in [4.69, 9.17) is 0 Å². The maximum absolute atomic E-state index is 12.9. The molecule has 0 amide bonds. The van der Waals surface area contributed by atoms with Crippen molar-refractivity contribution in [3.8, 4) is 0 Å². The fourth-order valence-electron chi connectivity index (χ4n) is 3.47. The van der Waals surface area contributed by atoms with Crippen LogP contribution in [0.15, 0.2) is 0 Å². The van der Waals surface area contributed by atoms with E-state index >= 15 is 0 Å². The van der Waals surface area contributed by atoms with Gasteiger partial charge in [-0.15, -0.1) is 0 Å². The Morgan fingerprint density at radius 3 is 2.57 bits per heavy atom. The molecule has 0 saturated carbocycles. The number of hydrogen-bond donors (Lipinski definition) is 1. The first kappa shape index (κ1) is 17.2. The Morgan fingerprint density at radius 2 is 1.90 bits per heavy atom. The lowest BCUT2D eigenvalue weighted by Crippen LogP contribution is -2.50. The number of nitrogens with one attached hydrogen (secondary N) is 1. The van der Waals surface area contributed by atoms with Crippen LogP contribution in [0.4, 0.5) is 0 Å². The average molecular weight is 317 g/mol. The average Bonchev–Trinajstić information content (AvgIpc) is 2.94. The minimum Gasteiger partial charge on any atom is -0.314 e. The van der Waals surface area contributed by atoms with E-state index < -0.39 is 10.2 Å². The van der Waals surface area contributed by atoms with E-state index in [1.807, 2.05) is 0 Å². The molecule has 2 heterocycles. The van der Waals surface area contributed by atoms with Gasteiger partial charge >= 0.3 is 0 Å². The van der Waals surface area contributed by atoms with E-state index in [9.17, 15) is 8.42 Å². The molecular formula is C15H31N3O2S.